The van der Waals surface area contributed by atoms with Gasteiger partial charge in [-0.3, -0.25) is 4.68 Å². The van der Waals surface area contributed by atoms with Crippen molar-refractivity contribution in [2.75, 3.05) is 23.7 Å². The number of nitrogens with two attached hydrogens (primary N) is 1. The summed E-state index contributed by atoms with van der Waals surface area (Å²) in [5.41, 5.74) is 10.7. The molecule has 2 unspecified atom stereocenters. The van der Waals surface area contributed by atoms with Gasteiger partial charge in [0.25, 0.3) is 0 Å². The van der Waals surface area contributed by atoms with E-state index in [2.05, 4.69) is 49.6 Å². The Morgan fingerprint density at radius 3 is 2.75 bits per heavy atom. The number of benzene rings is 1. The molecule has 0 radical (unpaired) electrons. The van der Waals surface area contributed by atoms with Crippen molar-refractivity contribution in [1.82, 2.24) is 35.5 Å². The van der Waals surface area contributed by atoms with Crippen molar-refractivity contribution in [2.45, 2.75) is 38.9 Å². The van der Waals surface area contributed by atoms with E-state index in [-0.39, 0.29) is 5.82 Å². The number of rotatable bonds is 5. The number of nitrogens with zero attached hydrogens (tertiary/aromatic N) is 6. The Morgan fingerprint density at radius 1 is 1.12 bits per heavy atom. The van der Waals surface area contributed by atoms with Gasteiger partial charge in [-0.05, 0) is 48.7 Å². The zero-order valence-electron chi connectivity index (χ0n) is 18.1. The first-order valence-electron chi connectivity index (χ1n) is 10.7. The lowest BCUT2D eigenvalue weighted by molar-refractivity contribution is 0.404. The third-order valence-electron chi connectivity index (χ3n) is 5.73. The molecule has 1 aromatic carbocycles. The van der Waals surface area contributed by atoms with Gasteiger partial charge in [-0.25, -0.2) is 9.37 Å². The smallest absolute Gasteiger partial charge is 0.203 e. The molecule has 0 amide bonds. The van der Waals surface area contributed by atoms with Crippen LogP contribution in [-0.2, 0) is 13.0 Å². The Balaban J connectivity index is 1.34. The van der Waals surface area contributed by atoms with Crippen molar-refractivity contribution in [2.24, 2.45) is 0 Å². The predicted octanol–water partition coefficient (Wildman–Crippen LogP) is 2.10. The van der Waals surface area contributed by atoms with E-state index in [0.29, 0.717) is 47.7 Å². The number of H-pyrrole nitrogens is 1. The highest BCUT2D eigenvalue weighted by Gasteiger charge is 2.23. The number of aromatic amines is 1. The minimum Gasteiger partial charge on any atom is -0.384 e. The van der Waals surface area contributed by atoms with Crippen LogP contribution in [0.15, 0.2) is 36.7 Å². The molecule has 1 fully saturated rings. The first kappa shape index (κ1) is 20.4. The summed E-state index contributed by atoms with van der Waals surface area (Å²) in [5.74, 6) is 0.215. The van der Waals surface area contributed by atoms with Gasteiger partial charge in [-0.15, -0.1) is 5.10 Å². The highest BCUT2D eigenvalue weighted by atomic mass is 19.1. The number of hydrogen-bond donors (Lipinski definition) is 3. The van der Waals surface area contributed by atoms with E-state index in [1.807, 2.05) is 35.3 Å². The Morgan fingerprint density at radius 2 is 1.94 bits per heavy atom. The van der Waals surface area contributed by atoms with Gasteiger partial charge < -0.3 is 16.0 Å². The van der Waals surface area contributed by atoms with E-state index < -0.39 is 0 Å². The maximum absolute atomic E-state index is 14.6. The standard InChI is InChI=1S/C22H26FN9/c1-13-9-31(10-14(2)26-13)19-6-15(3-4-18(19)23)11-32-12-16(8-25-32)5-17-7-20(24)27-22-21(17)28-30-29-22/h3-4,6-8,12-14,26H,5,9-11H2,1-2H3,(H3,24,27,28,29,30). The molecule has 166 valence electrons. The third-order valence-corrected chi connectivity index (χ3v) is 5.73. The van der Waals surface area contributed by atoms with Crippen LogP contribution in [0, 0.1) is 5.82 Å². The van der Waals surface area contributed by atoms with E-state index in [0.717, 1.165) is 29.8 Å². The second-order valence-corrected chi connectivity index (χ2v) is 8.58. The molecule has 2 atom stereocenters. The fourth-order valence-electron chi connectivity index (χ4n) is 4.47. The number of hydrogen-bond acceptors (Lipinski definition) is 7. The molecule has 1 aliphatic heterocycles. The molecule has 0 bridgehead atoms. The molecule has 10 heteroatoms. The Labute approximate surface area is 184 Å². The summed E-state index contributed by atoms with van der Waals surface area (Å²) in [7, 11) is 0. The summed E-state index contributed by atoms with van der Waals surface area (Å²) in [4.78, 5) is 6.30. The SMILES string of the molecule is CC1CN(c2cc(Cn3cc(Cc4cc(N)nc5n[nH]nc45)cn3)ccc2F)CC(C)N1. The van der Waals surface area contributed by atoms with Crippen molar-refractivity contribution < 1.29 is 4.39 Å². The van der Waals surface area contributed by atoms with Crippen LogP contribution >= 0.6 is 0 Å². The lowest BCUT2D eigenvalue weighted by Crippen LogP contribution is -2.54. The summed E-state index contributed by atoms with van der Waals surface area (Å²) in [6, 6.07) is 7.74. The lowest BCUT2D eigenvalue weighted by Gasteiger charge is -2.38. The van der Waals surface area contributed by atoms with Crippen molar-refractivity contribution in [3.05, 3.63) is 59.2 Å². The van der Waals surface area contributed by atoms with E-state index in [4.69, 9.17) is 5.73 Å². The maximum atomic E-state index is 14.6. The molecule has 1 saturated heterocycles. The van der Waals surface area contributed by atoms with Crippen LogP contribution in [0.25, 0.3) is 11.2 Å². The number of anilines is 2. The molecule has 4 aromatic rings. The second kappa shape index (κ2) is 8.19. The van der Waals surface area contributed by atoms with Crippen LogP contribution in [0.1, 0.15) is 30.5 Å². The van der Waals surface area contributed by atoms with Gasteiger partial charge >= 0.3 is 0 Å². The average Bonchev–Trinajstić information content (AvgIpc) is 3.38. The van der Waals surface area contributed by atoms with Crippen molar-refractivity contribution in [3.63, 3.8) is 0 Å². The van der Waals surface area contributed by atoms with Gasteiger partial charge in [0.05, 0.1) is 18.4 Å². The molecule has 1 aliphatic rings. The zero-order valence-corrected chi connectivity index (χ0v) is 18.1. The van der Waals surface area contributed by atoms with E-state index in [9.17, 15) is 4.39 Å². The summed E-state index contributed by atoms with van der Waals surface area (Å²) in [6.07, 6.45) is 4.42. The number of halogens is 1. The first-order chi connectivity index (χ1) is 15.4. The van der Waals surface area contributed by atoms with Gasteiger partial charge in [-0.2, -0.15) is 15.4 Å². The molecular weight excluding hydrogens is 409 g/mol. The number of nitrogens with one attached hydrogen (secondary N) is 2. The number of pyridine rings is 1. The normalized spacial score (nSPS) is 19.0. The average molecular weight is 436 g/mol. The number of fused-ring (bicyclic) bond motifs is 1. The number of piperazine rings is 1. The molecule has 4 N–H and O–H groups in total. The van der Waals surface area contributed by atoms with Gasteiger partial charge in [0, 0.05) is 37.8 Å². The quantitative estimate of drug-likeness (QED) is 0.440. The minimum absolute atomic E-state index is 0.192. The van der Waals surface area contributed by atoms with Gasteiger partial charge in [-0.1, -0.05) is 6.07 Å². The molecule has 0 aliphatic carbocycles. The van der Waals surface area contributed by atoms with Crippen LogP contribution < -0.4 is 16.0 Å². The van der Waals surface area contributed by atoms with Crippen LogP contribution in [-0.4, -0.2) is 55.3 Å². The number of aromatic nitrogens is 6. The zero-order chi connectivity index (χ0) is 22.2. The van der Waals surface area contributed by atoms with Crippen LogP contribution in [0.2, 0.25) is 0 Å². The summed E-state index contributed by atoms with van der Waals surface area (Å²) in [5, 5.41) is 18.8. The fourth-order valence-corrected chi connectivity index (χ4v) is 4.47. The van der Waals surface area contributed by atoms with Crippen LogP contribution in [0.3, 0.4) is 0 Å². The molecule has 32 heavy (non-hydrogen) atoms. The molecule has 0 saturated carbocycles. The molecule has 9 nitrogen and oxygen atoms in total. The molecule has 5 rings (SSSR count). The predicted molar refractivity (Wildman–Crippen MR) is 121 cm³/mol. The van der Waals surface area contributed by atoms with E-state index >= 15 is 0 Å². The Hall–Kier alpha value is -3.53. The second-order valence-electron chi connectivity index (χ2n) is 8.58. The molecule has 4 heterocycles. The highest BCUT2D eigenvalue weighted by molar-refractivity contribution is 5.76. The monoisotopic (exact) mass is 435 g/mol. The molecule has 0 spiro atoms. The lowest BCUT2D eigenvalue weighted by atomic mass is 10.1. The minimum atomic E-state index is -0.192. The summed E-state index contributed by atoms with van der Waals surface area (Å²) in [6.45, 7) is 6.37. The largest absolute Gasteiger partial charge is 0.384 e. The molecule has 3 aromatic heterocycles. The Bertz CT molecular complexity index is 1240. The van der Waals surface area contributed by atoms with Crippen LogP contribution in [0.4, 0.5) is 15.9 Å². The van der Waals surface area contributed by atoms with Crippen molar-refractivity contribution >= 4 is 22.7 Å². The maximum Gasteiger partial charge on any atom is 0.203 e. The Kier molecular flexibility index (Phi) is 5.22. The van der Waals surface area contributed by atoms with Gasteiger partial charge in [0.2, 0.25) is 5.65 Å². The molecular formula is C22H26FN9. The van der Waals surface area contributed by atoms with Gasteiger partial charge in [0.1, 0.15) is 17.2 Å². The highest BCUT2D eigenvalue weighted by Crippen LogP contribution is 2.24. The first-order valence-corrected chi connectivity index (χ1v) is 10.7. The van der Waals surface area contributed by atoms with Gasteiger partial charge in [0.15, 0.2) is 0 Å². The summed E-state index contributed by atoms with van der Waals surface area (Å²) < 4.78 is 16.5. The van der Waals surface area contributed by atoms with E-state index in [1.54, 1.807) is 6.07 Å². The van der Waals surface area contributed by atoms with E-state index in [1.165, 1.54) is 0 Å². The summed E-state index contributed by atoms with van der Waals surface area (Å²) >= 11 is 0. The fraction of sp³-hybridized carbons (Fsp3) is 0.364. The third kappa shape index (κ3) is 4.13. The van der Waals surface area contributed by atoms with Crippen LogP contribution in [0.5, 0.6) is 0 Å². The van der Waals surface area contributed by atoms with Crippen molar-refractivity contribution in [3.8, 4) is 0 Å². The van der Waals surface area contributed by atoms with Crippen molar-refractivity contribution in [1.29, 1.82) is 0 Å². The number of nitrogen functional groups attached to an aromatic ring is 1. The topological polar surface area (TPSA) is 114 Å².